The average Bonchev–Trinajstić information content (AvgIpc) is 2.73. The first-order valence-electron chi connectivity index (χ1n) is 9.40. The molecular formula is C20H25N3O4S. The fraction of sp³-hybridized carbons (Fsp3) is 0.400. The van der Waals surface area contributed by atoms with E-state index in [9.17, 15) is 18.5 Å². The van der Waals surface area contributed by atoms with Gasteiger partial charge < -0.3 is 0 Å². The lowest BCUT2D eigenvalue weighted by molar-refractivity contribution is -0.384. The number of nitrogens with zero attached hydrogens (tertiary/aromatic N) is 3. The number of non-ortho nitro benzene ring substituents is 1. The molecule has 0 N–H and O–H groups in total. The molecule has 1 saturated heterocycles. The molecule has 8 heteroatoms. The third-order valence-electron chi connectivity index (χ3n) is 5.28. The number of piperazine rings is 1. The van der Waals surface area contributed by atoms with Crippen molar-refractivity contribution in [2.45, 2.75) is 30.7 Å². The number of nitro benzene ring substituents is 1. The topological polar surface area (TPSA) is 83.8 Å². The highest BCUT2D eigenvalue weighted by Gasteiger charge is 2.30. The molecule has 150 valence electrons. The second kappa shape index (κ2) is 8.81. The molecule has 0 unspecified atom stereocenters. The van der Waals surface area contributed by atoms with Crippen LogP contribution in [0.15, 0.2) is 59.5 Å². The number of hydrogen-bond acceptors (Lipinski definition) is 5. The van der Waals surface area contributed by atoms with Gasteiger partial charge in [0.05, 0.1) is 9.82 Å². The van der Waals surface area contributed by atoms with Crippen molar-refractivity contribution in [3.63, 3.8) is 0 Å². The van der Waals surface area contributed by atoms with Crippen LogP contribution in [0.25, 0.3) is 0 Å². The van der Waals surface area contributed by atoms with Gasteiger partial charge in [0.25, 0.3) is 5.69 Å². The van der Waals surface area contributed by atoms with Crippen LogP contribution in [0, 0.1) is 10.1 Å². The number of nitro groups is 1. The number of sulfonamides is 1. The second-order valence-corrected chi connectivity index (χ2v) is 9.00. The van der Waals surface area contributed by atoms with Crippen molar-refractivity contribution >= 4 is 15.7 Å². The van der Waals surface area contributed by atoms with Crippen molar-refractivity contribution in [2.75, 3.05) is 26.2 Å². The molecule has 1 heterocycles. The van der Waals surface area contributed by atoms with Crippen LogP contribution < -0.4 is 0 Å². The van der Waals surface area contributed by atoms with Gasteiger partial charge in [-0.2, -0.15) is 4.31 Å². The Morgan fingerprint density at radius 1 is 1.00 bits per heavy atom. The second-order valence-electron chi connectivity index (χ2n) is 7.06. The van der Waals surface area contributed by atoms with E-state index in [4.69, 9.17) is 0 Å². The number of benzene rings is 2. The number of rotatable bonds is 7. The molecule has 2 aromatic carbocycles. The Balaban J connectivity index is 1.55. The first-order chi connectivity index (χ1) is 13.4. The minimum absolute atomic E-state index is 0.101. The van der Waals surface area contributed by atoms with Crippen LogP contribution in [0.4, 0.5) is 5.69 Å². The monoisotopic (exact) mass is 403 g/mol. The highest BCUT2D eigenvalue weighted by atomic mass is 32.2. The maximum atomic E-state index is 12.8. The largest absolute Gasteiger partial charge is 0.298 e. The van der Waals surface area contributed by atoms with Gasteiger partial charge in [-0.05, 0) is 37.5 Å². The summed E-state index contributed by atoms with van der Waals surface area (Å²) in [7, 11) is -3.62. The molecule has 0 aliphatic carbocycles. The first-order valence-corrected chi connectivity index (χ1v) is 10.8. The zero-order valence-corrected chi connectivity index (χ0v) is 16.7. The van der Waals surface area contributed by atoms with Gasteiger partial charge in [0.1, 0.15) is 0 Å². The molecule has 1 aliphatic heterocycles. The molecule has 2 aromatic rings. The smallest absolute Gasteiger partial charge is 0.269 e. The Labute approximate surface area is 165 Å². The maximum Gasteiger partial charge on any atom is 0.269 e. The van der Waals surface area contributed by atoms with Gasteiger partial charge in [-0.15, -0.1) is 0 Å². The van der Waals surface area contributed by atoms with E-state index in [1.807, 2.05) is 18.2 Å². The molecule has 0 aromatic heterocycles. The molecule has 3 rings (SSSR count). The standard InChI is InChI=1S/C20H25N3O4S/c1-17(7-8-18-5-3-2-4-6-18)21-13-15-22(16-14-21)28(26,27)20-11-9-19(10-12-20)23(24)25/h2-6,9-12,17H,7-8,13-16H2,1H3/t17-/m1/s1. The van der Waals surface area contributed by atoms with Crippen LogP contribution in [0.3, 0.4) is 0 Å². The lowest BCUT2D eigenvalue weighted by atomic mass is 10.0. The molecule has 7 nitrogen and oxygen atoms in total. The summed E-state index contributed by atoms with van der Waals surface area (Å²) in [6.07, 6.45) is 2.03. The van der Waals surface area contributed by atoms with Crippen molar-refractivity contribution in [1.29, 1.82) is 0 Å². The van der Waals surface area contributed by atoms with Gasteiger partial charge in [0.15, 0.2) is 0 Å². The van der Waals surface area contributed by atoms with Crippen LogP contribution in [0.1, 0.15) is 18.9 Å². The fourth-order valence-corrected chi connectivity index (χ4v) is 4.90. The predicted octanol–water partition coefficient (Wildman–Crippen LogP) is 2.92. The van der Waals surface area contributed by atoms with Gasteiger partial charge in [0.2, 0.25) is 10.0 Å². The summed E-state index contributed by atoms with van der Waals surface area (Å²) in [5.74, 6) is 0. The minimum Gasteiger partial charge on any atom is -0.298 e. The van der Waals surface area contributed by atoms with E-state index in [2.05, 4.69) is 24.0 Å². The Morgan fingerprint density at radius 2 is 1.61 bits per heavy atom. The van der Waals surface area contributed by atoms with E-state index in [0.717, 1.165) is 12.8 Å². The van der Waals surface area contributed by atoms with Crippen LogP contribution >= 0.6 is 0 Å². The Bertz CT molecular complexity index is 893. The van der Waals surface area contributed by atoms with Crippen LogP contribution in [0.5, 0.6) is 0 Å². The zero-order chi connectivity index (χ0) is 20.1. The molecule has 1 aliphatic rings. The lowest BCUT2D eigenvalue weighted by Gasteiger charge is -2.37. The minimum atomic E-state index is -3.62. The van der Waals surface area contributed by atoms with E-state index < -0.39 is 14.9 Å². The third-order valence-corrected chi connectivity index (χ3v) is 7.19. The Hall–Kier alpha value is -2.29. The molecule has 0 bridgehead atoms. The van der Waals surface area contributed by atoms with Crippen LogP contribution in [0.2, 0.25) is 0 Å². The van der Waals surface area contributed by atoms with Crippen molar-refractivity contribution in [1.82, 2.24) is 9.21 Å². The summed E-state index contributed by atoms with van der Waals surface area (Å²) >= 11 is 0. The molecule has 0 radical (unpaired) electrons. The zero-order valence-electron chi connectivity index (χ0n) is 15.9. The summed E-state index contributed by atoms with van der Waals surface area (Å²) in [4.78, 5) is 12.6. The normalized spacial score (nSPS) is 17.3. The van der Waals surface area contributed by atoms with Crippen molar-refractivity contribution in [3.8, 4) is 0 Å². The van der Waals surface area contributed by atoms with Gasteiger partial charge in [-0.25, -0.2) is 8.42 Å². The first kappa shape index (κ1) is 20.4. The van der Waals surface area contributed by atoms with E-state index in [0.29, 0.717) is 32.2 Å². The molecule has 0 amide bonds. The van der Waals surface area contributed by atoms with Gasteiger partial charge in [-0.3, -0.25) is 15.0 Å². The van der Waals surface area contributed by atoms with Crippen LogP contribution in [-0.2, 0) is 16.4 Å². The van der Waals surface area contributed by atoms with Gasteiger partial charge in [-0.1, -0.05) is 30.3 Å². The SMILES string of the molecule is C[C@H](CCc1ccccc1)N1CCN(S(=O)(=O)c2ccc([N+](=O)[O-])cc2)CC1. The van der Waals surface area contributed by atoms with Crippen molar-refractivity contribution in [3.05, 3.63) is 70.3 Å². The summed E-state index contributed by atoms with van der Waals surface area (Å²) in [6.45, 7) is 4.40. The molecule has 0 saturated carbocycles. The molecule has 1 fully saturated rings. The lowest BCUT2D eigenvalue weighted by Crippen LogP contribution is -2.51. The highest BCUT2D eigenvalue weighted by molar-refractivity contribution is 7.89. The number of hydrogen-bond donors (Lipinski definition) is 0. The summed E-state index contributed by atoms with van der Waals surface area (Å²) in [5.41, 5.74) is 1.20. The number of aryl methyl sites for hydroxylation is 1. The van der Waals surface area contributed by atoms with Crippen molar-refractivity contribution < 1.29 is 13.3 Å². The van der Waals surface area contributed by atoms with Gasteiger partial charge >= 0.3 is 0 Å². The highest BCUT2D eigenvalue weighted by Crippen LogP contribution is 2.22. The quantitative estimate of drug-likeness (QED) is 0.524. The van der Waals surface area contributed by atoms with E-state index in [1.165, 1.54) is 34.1 Å². The summed E-state index contributed by atoms with van der Waals surface area (Å²) in [6, 6.07) is 15.8. The van der Waals surface area contributed by atoms with Crippen LogP contribution in [-0.4, -0.2) is 54.8 Å². The van der Waals surface area contributed by atoms with Crippen molar-refractivity contribution in [2.24, 2.45) is 0 Å². The Morgan fingerprint density at radius 3 is 2.18 bits per heavy atom. The van der Waals surface area contributed by atoms with E-state index in [1.54, 1.807) is 0 Å². The third kappa shape index (κ3) is 4.76. The predicted molar refractivity (Wildman–Crippen MR) is 108 cm³/mol. The Kier molecular flexibility index (Phi) is 6.43. The fourth-order valence-electron chi connectivity index (χ4n) is 3.48. The molecule has 0 spiro atoms. The average molecular weight is 404 g/mol. The molecular weight excluding hydrogens is 378 g/mol. The summed E-state index contributed by atoms with van der Waals surface area (Å²) < 4.78 is 27.1. The molecule has 1 atom stereocenters. The van der Waals surface area contributed by atoms with E-state index >= 15 is 0 Å². The van der Waals surface area contributed by atoms with Gasteiger partial charge in [0, 0.05) is 44.4 Å². The maximum absolute atomic E-state index is 12.8. The molecule has 28 heavy (non-hydrogen) atoms. The summed E-state index contributed by atoms with van der Waals surface area (Å²) in [5, 5.41) is 10.7. The van der Waals surface area contributed by atoms with E-state index in [-0.39, 0.29) is 10.6 Å².